The minimum Gasteiger partial charge on any atom is -0.459 e. The highest BCUT2D eigenvalue weighted by Gasteiger charge is 2.54. The van der Waals surface area contributed by atoms with Gasteiger partial charge in [-0.1, -0.05) is 12.1 Å². The molecule has 2 fully saturated rings. The maximum absolute atomic E-state index is 13.5. The van der Waals surface area contributed by atoms with E-state index in [9.17, 15) is 24.5 Å². The van der Waals surface area contributed by atoms with Crippen LogP contribution < -0.4 is 5.32 Å². The lowest BCUT2D eigenvalue weighted by molar-refractivity contribution is -0.384. The van der Waals surface area contributed by atoms with Crippen molar-refractivity contribution >= 4 is 23.4 Å². The van der Waals surface area contributed by atoms with Crippen LogP contribution in [0.15, 0.2) is 71.5 Å². The molecule has 1 atom stereocenters. The highest BCUT2D eigenvalue weighted by Crippen LogP contribution is 2.39. The Morgan fingerprint density at radius 2 is 1.89 bits per heavy atom. The van der Waals surface area contributed by atoms with Crippen molar-refractivity contribution in [3.8, 4) is 0 Å². The van der Waals surface area contributed by atoms with Crippen molar-refractivity contribution in [3.63, 3.8) is 0 Å². The maximum Gasteiger partial charge on any atom is 0.292 e. The summed E-state index contributed by atoms with van der Waals surface area (Å²) < 4.78 is 11.5. The monoisotopic (exact) mass is 519 g/mol. The number of nitrogens with zero attached hydrogens (tertiary/aromatic N) is 4. The van der Waals surface area contributed by atoms with Crippen molar-refractivity contribution in [2.75, 3.05) is 19.7 Å². The number of nitro groups is 1. The minimum absolute atomic E-state index is 0.0146. The van der Waals surface area contributed by atoms with Crippen molar-refractivity contribution in [2.45, 2.75) is 31.2 Å². The van der Waals surface area contributed by atoms with E-state index in [1.54, 1.807) is 29.3 Å². The number of furan rings is 1. The van der Waals surface area contributed by atoms with Crippen molar-refractivity contribution in [2.24, 2.45) is 0 Å². The van der Waals surface area contributed by atoms with Gasteiger partial charge in [-0.25, -0.2) is 0 Å². The molecule has 2 aromatic heterocycles. The second-order valence-corrected chi connectivity index (χ2v) is 9.06. The number of hydrogen-bond donors (Lipinski definition) is 1. The summed E-state index contributed by atoms with van der Waals surface area (Å²) in [6.07, 6.45) is 3.52. The summed E-state index contributed by atoms with van der Waals surface area (Å²) in [5.74, 6) is -1.14. The minimum atomic E-state index is -1.11. The molecule has 2 aliphatic heterocycles. The molecule has 1 N–H and O–H groups in total. The van der Waals surface area contributed by atoms with Crippen LogP contribution in [0.5, 0.6) is 0 Å². The molecule has 3 aromatic rings. The zero-order valence-electron chi connectivity index (χ0n) is 20.3. The number of carbonyl (C=O) groups is 3. The molecule has 1 unspecified atom stereocenters. The zero-order valence-corrected chi connectivity index (χ0v) is 20.3. The van der Waals surface area contributed by atoms with Crippen molar-refractivity contribution in [1.82, 2.24) is 20.1 Å². The van der Waals surface area contributed by atoms with Crippen LogP contribution in [-0.4, -0.2) is 68.9 Å². The van der Waals surface area contributed by atoms with E-state index >= 15 is 0 Å². The van der Waals surface area contributed by atoms with Gasteiger partial charge < -0.3 is 19.4 Å². The molecule has 0 aliphatic carbocycles. The maximum atomic E-state index is 13.5. The van der Waals surface area contributed by atoms with Crippen LogP contribution in [0.4, 0.5) is 5.69 Å². The van der Waals surface area contributed by atoms with Gasteiger partial charge in [0, 0.05) is 49.8 Å². The quantitative estimate of drug-likeness (QED) is 0.386. The molecule has 0 bridgehead atoms. The molecule has 12 heteroatoms. The van der Waals surface area contributed by atoms with E-state index in [0.29, 0.717) is 5.69 Å². The largest absolute Gasteiger partial charge is 0.459 e. The molecule has 1 aromatic carbocycles. The number of nitro benzene ring substituents is 1. The van der Waals surface area contributed by atoms with E-state index in [1.807, 2.05) is 6.07 Å². The number of aromatic nitrogens is 1. The molecule has 5 rings (SSSR count). The van der Waals surface area contributed by atoms with Gasteiger partial charge in [0.1, 0.15) is 11.8 Å². The molecule has 1 spiro atoms. The Morgan fingerprint density at radius 3 is 2.58 bits per heavy atom. The summed E-state index contributed by atoms with van der Waals surface area (Å²) in [6.45, 7) is 0.633. The number of likely N-dealkylation sites (tertiary alicyclic amines) is 1. The molecule has 0 radical (unpaired) electrons. The van der Waals surface area contributed by atoms with Crippen LogP contribution in [0, 0.1) is 10.1 Å². The number of pyridine rings is 1. The first-order valence-corrected chi connectivity index (χ1v) is 12.1. The van der Waals surface area contributed by atoms with Gasteiger partial charge in [-0.15, -0.1) is 0 Å². The molecule has 4 heterocycles. The predicted molar refractivity (Wildman–Crippen MR) is 132 cm³/mol. The highest BCUT2D eigenvalue weighted by atomic mass is 16.6. The Labute approximate surface area is 217 Å². The summed E-state index contributed by atoms with van der Waals surface area (Å²) in [6, 6.07) is 13.2. The van der Waals surface area contributed by atoms with E-state index in [0.717, 1.165) is 0 Å². The summed E-state index contributed by atoms with van der Waals surface area (Å²) in [5, 5.41) is 13.9. The fourth-order valence-electron chi connectivity index (χ4n) is 4.88. The molecule has 196 valence electrons. The number of ether oxygens (including phenoxy) is 1. The standard InChI is InChI=1S/C26H25N5O7/c32-23(28-16-19-6-1-2-11-27-19)21-17-38-26(30(21)25(34)22-8-4-14-37-22)9-12-29(13-10-26)24(33)18-5-3-7-20(15-18)31(35)36/h1-8,11,14-15,21H,9-10,12-13,16-17H2,(H,28,32). The number of benzene rings is 1. The fraction of sp³-hybridized carbons (Fsp3) is 0.308. The smallest absolute Gasteiger partial charge is 0.292 e. The predicted octanol–water partition coefficient (Wildman–Crippen LogP) is 2.37. The fourth-order valence-corrected chi connectivity index (χ4v) is 4.88. The van der Waals surface area contributed by atoms with Gasteiger partial charge >= 0.3 is 0 Å². The lowest BCUT2D eigenvalue weighted by atomic mass is 9.96. The number of rotatable bonds is 6. The van der Waals surface area contributed by atoms with E-state index in [1.165, 1.54) is 41.5 Å². The van der Waals surface area contributed by atoms with Crippen LogP contribution in [0.3, 0.4) is 0 Å². The SMILES string of the molecule is O=C(NCc1ccccn1)C1COC2(CCN(C(=O)c3cccc([N+](=O)[O-])c3)CC2)N1C(=O)c1ccco1. The van der Waals surface area contributed by atoms with E-state index < -0.39 is 22.6 Å². The van der Waals surface area contributed by atoms with Crippen LogP contribution >= 0.6 is 0 Å². The van der Waals surface area contributed by atoms with Gasteiger partial charge in [0.15, 0.2) is 5.76 Å². The van der Waals surface area contributed by atoms with Crippen LogP contribution in [-0.2, 0) is 16.1 Å². The number of non-ortho nitro benzene ring substituents is 1. The Hall–Kier alpha value is -4.58. The number of carbonyl (C=O) groups excluding carboxylic acids is 3. The topological polar surface area (TPSA) is 148 Å². The molecule has 0 saturated carbocycles. The second kappa shape index (κ2) is 10.4. The molecule has 3 amide bonds. The van der Waals surface area contributed by atoms with Gasteiger partial charge in [0.2, 0.25) is 5.91 Å². The Bertz CT molecular complexity index is 1340. The summed E-state index contributed by atoms with van der Waals surface area (Å²) in [7, 11) is 0. The third-order valence-corrected chi connectivity index (χ3v) is 6.82. The van der Waals surface area contributed by atoms with Crippen LogP contribution in [0.1, 0.15) is 39.4 Å². The second-order valence-electron chi connectivity index (χ2n) is 9.06. The number of hydrogen-bond acceptors (Lipinski definition) is 8. The average Bonchev–Trinajstić information content (AvgIpc) is 3.61. The molecular weight excluding hydrogens is 494 g/mol. The number of nitrogens with one attached hydrogen (secondary N) is 1. The third-order valence-electron chi connectivity index (χ3n) is 6.82. The number of amides is 3. The highest BCUT2D eigenvalue weighted by molar-refractivity contribution is 5.97. The van der Waals surface area contributed by atoms with E-state index in [2.05, 4.69) is 10.3 Å². The summed E-state index contributed by atoms with van der Waals surface area (Å²) in [5.41, 5.74) is -0.404. The molecular formula is C26H25N5O7. The Balaban J connectivity index is 1.33. The first-order valence-electron chi connectivity index (χ1n) is 12.1. The Morgan fingerprint density at radius 1 is 1.08 bits per heavy atom. The van der Waals surface area contributed by atoms with E-state index in [-0.39, 0.29) is 67.9 Å². The molecule has 2 aliphatic rings. The third kappa shape index (κ3) is 4.85. The summed E-state index contributed by atoms with van der Waals surface area (Å²) >= 11 is 0. The molecule has 12 nitrogen and oxygen atoms in total. The van der Waals surface area contributed by atoms with Crippen molar-refractivity contribution in [3.05, 3.63) is 94.2 Å². The van der Waals surface area contributed by atoms with E-state index in [4.69, 9.17) is 9.15 Å². The summed E-state index contributed by atoms with van der Waals surface area (Å²) in [4.78, 5) is 57.6. The zero-order chi connectivity index (χ0) is 26.7. The van der Waals surface area contributed by atoms with Gasteiger partial charge in [0.05, 0.1) is 30.0 Å². The van der Waals surface area contributed by atoms with Gasteiger partial charge in [-0.05, 0) is 30.3 Å². The van der Waals surface area contributed by atoms with Gasteiger partial charge in [-0.2, -0.15) is 0 Å². The lowest BCUT2D eigenvalue weighted by Crippen LogP contribution is -2.59. The lowest BCUT2D eigenvalue weighted by Gasteiger charge is -2.44. The van der Waals surface area contributed by atoms with Crippen molar-refractivity contribution in [1.29, 1.82) is 0 Å². The normalized spacial score (nSPS) is 18.4. The van der Waals surface area contributed by atoms with Crippen molar-refractivity contribution < 1.29 is 28.5 Å². The molecule has 38 heavy (non-hydrogen) atoms. The molecule has 2 saturated heterocycles. The Kier molecular flexibility index (Phi) is 6.88. The first kappa shape index (κ1) is 25.1. The van der Waals surface area contributed by atoms with Gasteiger partial charge in [-0.3, -0.25) is 34.4 Å². The van der Waals surface area contributed by atoms with Crippen LogP contribution in [0.25, 0.3) is 0 Å². The average molecular weight is 520 g/mol. The van der Waals surface area contributed by atoms with Crippen LogP contribution in [0.2, 0.25) is 0 Å². The van der Waals surface area contributed by atoms with Gasteiger partial charge in [0.25, 0.3) is 17.5 Å². The first-order chi connectivity index (χ1) is 18.4. The number of piperidine rings is 1.